The van der Waals surface area contributed by atoms with E-state index in [1.54, 1.807) is 29.7 Å². The Balaban J connectivity index is 1.59. The number of rotatable bonds is 5. The molecule has 0 radical (unpaired) electrons. The molecule has 0 spiro atoms. The van der Waals surface area contributed by atoms with E-state index < -0.39 is 0 Å². The number of hydrogen-bond donors (Lipinski definition) is 1. The molecule has 0 bridgehead atoms. The van der Waals surface area contributed by atoms with Crippen LogP contribution in [0.5, 0.6) is 0 Å². The van der Waals surface area contributed by atoms with Crippen molar-refractivity contribution < 1.29 is 4.39 Å². The molecule has 0 unspecified atom stereocenters. The van der Waals surface area contributed by atoms with Gasteiger partial charge in [-0.05, 0) is 35.9 Å². The molecule has 2 aromatic heterocycles. The van der Waals surface area contributed by atoms with Crippen molar-refractivity contribution in [1.29, 1.82) is 0 Å². The normalized spacial score (nSPS) is 10.7. The SMILES string of the molecule is Fc1ccc(-c2nc(CNCc3cccnc3)cs2)cc1. The molecule has 1 N–H and O–H groups in total. The van der Waals surface area contributed by atoms with Crippen LogP contribution >= 0.6 is 11.3 Å². The summed E-state index contributed by atoms with van der Waals surface area (Å²) in [5.74, 6) is -0.228. The van der Waals surface area contributed by atoms with Crippen molar-refractivity contribution >= 4 is 11.3 Å². The Morgan fingerprint density at radius 2 is 1.95 bits per heavy atom. The van der Waals surface area contributed by atoms with Gasteiger partial charge in [-0.25, -0.2) is 9.37 Å². The summed E-state index contributed by atoms with van der Waals surface area (Å²) in [4.78, 5) is 8.64. The third kappa shape index (κ3) is 3.71. The van der Waals surface area contributed by atoms with Gasteiger partial charge in [0.25, 0.3) is 0 Å². The summed E-state index contributed by atoms with van der Waals surface area (Å²) in [5, 5.41) is 6.27. The molecule has 3 aromatic rings. The first-order valence-electron chi connectivity index (χ1n) is 6.61. The van der Waals surface area contributed by atoms with Crippen LogP contribution in [0.3, 0.4) is 0 Å². The highest BCUT2D eigenvalue weighted by Crippen LogP contribution is 2.23. The molecule has 2 heterocycles. The van der Waals surface area contributed by atoms with Crippen molar-refractivity contribution in [3.8, 4) is 10.6 Å². The van der Waals surface area contributed by atoms with E-state index in [0.29, 0.717) is 6.54 Å². The molecule has 3 nitrogen and oxygen atoms in total. The first-order chi connectivity index (χ1) is 10.3. The summed E-state index contributed by atoms with van der Waals surface area (Å²) < 4.78 is 12.9. The number of halogens is 1. The van der Waals surface area contributed by atoms with Crippen molar-refractivity contribution in [3.63, 3.8) is 0 Å². The van der Waals surface area contributed by atoms with Gasteiger partial charge >= 0.3 is 0 Å². The molecule has 3 rings (SSSR count). The quantitative estimate of drug-likeness (QED) is 0.781. The van der Waals surface area contributed by atoms with Crippen LogP contribution in [0.25, 0.3) is 10.6 Å². The lowest BCUT2D eigenvalue weighted by atomic mass is 10.2. The second-order valence-corrected chi connectivity index (χ2v) is 5.47. The molecule has 0 amide bonds. The van der Waals surface area contributed by atoms with Gasteiger partial charge in [-0.2, -0.15) is 0 Å². The monoisotopic (exact) mass is 299 g/mol. The fourth-order valence-electron chi connectivity index (χ4n) is 1.95. The number of benzene rings is 1. The Morgan fingerprint density at radius 3 is 2.71 bits per heavy atom. The largest absolute Gasteiger partial charge is 0.307 e. The third-order valence-electron chi connectivity index (χ3n) is 3.00. The van der Waals surface area contributed by atoms with Crippen LogP contribution in [-0.4, -0.2) is 9.97 Å². The minimum atomic E-state index is -0.228. The van der Waals surface area contributed by atoms with Crippen molar-refractivity contribution in [1.82, 2.24) is 15.3 Å². The lowest BCUT2D eigenvalue weighted by Gasteiger charge is -2.02. The number of nitrogens with one attached hydrogen (secondary N) is 1. The molecule has 0 fully saturated rings. The Morgan fingerprint density at radius 1 is 1.10 bits per heavy atom. The maximum atomic E-state index is 12.9. The maximum Gasteiger partial charge on any atom is 0.123 e. The predicted octanol–water partition coefficient (Wildman–Crippen LogP) is 3.63. The van der Waals surface area contributed by atoms with E-state index in [1.807, 2.05) is 23.7 Å². The highest BCUT2D eigenvalue weighted by Gasteiger charge is 2.04. The van der Waals surface area contributed by atoms with E-state index in [4.69, 9.17) is 0 Å². The van der Waals surface area contributed by atoms with Gasteiger partial charge in [0.1, 0.15) is 10.8 Å². The van der Waals surface area contributed by atoms with Crippen molar-refractivity contribution in [2.45, 2.75) is 13.1 Å². The van der Waals surface area contributed by atoms with Crippen molar-refractivity contribution in [3.05, 3.63) is 71.2 Å². The highest BCUT2D eigenvalue weighted by molar-refractivity contribution is 7.13. The lowest BCUT2D eigenvalue weighted by Crippen LogP contribution is -2.12. The zero-order valence-corrected chi connectivity index (χ0v) is 12.1. The number of nitrogens with zero attached hydrogens (tertiary/aromatic N) is 2. The Hall–Kier alpha value is -2.11. The van der Waals surface area contributed by atoms with E-state index in [0.717, 1.165) is 28.4 Å². The fraction of sp³-hybridized carbons (Fsp3) is 0.125. The average Bonchev–Trinajstić information content (AvgIpc) is 2.98. The van der Waals surface area contributed by atoms with Crippen molar-refractivity contribution in [2.24, 2.45) is 0 Å². The van der Waals surface area contributed by atoms with Crippen molar-refractivity contribution in [2.75, 3.05) is 0 Å². The summed E-state index contributed by atoms with van der Waals surface area (Å²) >= 11 is 1.57. The minimum Gasteiger partial charge on any atom is -0.307 e. The molecule has 106 valence electrons. The van der Waals surface area contributed by atoms with E-state index in [2.05, 4.69) is 15.3 Å². The number of aromatic nitrogens is 2. The number of thiazole rings is 1. The topological polar surface area (TPSA) is 37.8 Å². The minimum absolute atomic E-state index is 0.228. The van der Waals surface area contributed by atoms with Gasteiger partial charge in [0.05, 0.1) is 5.69 Å². The molecule has 0 aliphatic heterocycles. The summed E-state index contributed by atoms with van der Waals surface area (Å²) in [6, 6.07) is 10.4. The van der Waals surface area contributed by atoms with Gasteiger partial charge < -0.3 is 5.32 Å². The molecule has 5 heteroatoms. The standard InChI is InChI=1S/C16H14FN3S/c17-14-5-3-13(4-6-14)16-20-15(11-21-16)10-19-9-12-2-1-7-18-8-12/h1-8,11,19H,9-10H2. The zero-order valence-electron chi connectivity index (χ0n) is 11.3. The lowest BCUT2D eigenvalue weighted by molar-refractivity contribution is 0.628. The predicted molar refractivity (Wildman–Crippen MR) is 82.3 cm³/mol. The van der Waals surface area contributed by atoms with E-state index in [1.165, 1.54) is 12.1 Å². The van der Waals surface area contributed by atoms with Gasteiger partial charge in [0.15, 0.2) is 0 Å². The maximum absolute atomic E-state index is 12.9. The smallest absolute Gasteiger partial charge is 0.123 e. The van der Waals surface area contributed by atoms with Crippen LogP contribution in [0.4, 0.5) is 4.39 Å². The van der Waals surface area contributed by atoms with Crippen LogP contribution in [0.2, 0.25) is 0 Å². The summed E-state index contributed by atoms with van der Waals surface area (Å²) in [6.07, 6.45) is 3.61. The van der Waals surface area contributed by atoms with Gasteiger partial charge in [-0.15, -0.1) is 11.3 Å². The van der Waals surface area contributed by atoms with Gasteiger partial charge in [-0.1, -0.05) is 6.07 Å². The number of hydrogen-bond acceptors (Lipinski definition) is 4. The molecule has 0 atom stereocenters. The van der Waals surface area contributed by atoms with Gasteiger partial charge in [0, 0.05) is 36.4 Å². The molecular formula is C16H14FN3S. The Bertz CT molecular complexity index is 695. The summed E-state index contributed by atoms with van der Waals surface area (Å²) in [5.41, 5.74) is 3.08. The van der Waals surface area contributed by atoms with Crippen LogP contribution in [0.1, 0.15) is 11.3 Å². The zero-order chi connectivity index (χ0) is 14.5. The Labute approximate surface area is 126 Å². The second-order valence-electron chi connectivity index (χ2n) is 4.62. The molecule has 21 heavy (non-hydrogen) atoms. The first-order valence-corrected chi connectivity index (χ1v) is 7.49. The Kier molecular flexibility index (Phi) is 4.33. The first kappa shape index (κ1) is 13.9. The fourth-order valence-corrected chi connectivity index (χ4v) is 2.78. The highest BCUT2D eigenvalue weighted by atomic mass is 32.1. The van der Waals surface area contributed by atoms with Gasteiger partial charge in [-0.3, -0.25) is 4.98 Å². The molecular weight excluding hydrogens is 285 g/mol. The molecule has 0 aliphatic rings. The van der Waals surface area contributed by atoms with Crippen LogP contribution in [0.15, 0.2) is 54.2 Å². The number of pyridine rings is 1. The average molecular weight is 299 g/mol. The van der Waals surface area contributed by atoms with Crippen LogP contribution < -0.4 is 5.32 Å². The summed E-state index contributed by atoms with van der Waals surface area (Å²) in [7, 11) is 0. The molecule has 1 aromatic carbocycles. The van der Waals surface area contributed by atoms with E-state index >= 15 is 0 Å². The molecule has 0 saturated carbocycles. The van der Waals surface area contributed by atoms with E-state index in [9.17, 15) is 4.39 Å². The molecule has 0 saturated heterocycles. The molecule has 0 aliphatic carbocycles. The second kappa shape index (κ2) is 6.56. The van der Waals surface area contributed by atoms with E-state index in [-0.39, 0.29) is 5.82 Å². The van der Waals surface area contributed by atoms with Crippen LogP contribution in [0, 0.1) is 5.82 Å². The third-order valence-corrected chi connectivity index (χ3v) is 3.94. The summed E-state index contributed by atoms with van der Waals surface area (Å²) in [6.45, 7) is 1.46. The van der Waals surface area contributed by atoms with Gasteiger partial charge in [0.2, 0.25) is 0 Å². The van der Waals surface area contributed by atoms with Crippen LogP contribution in [-0.2, 0) is 13.1 Å².